The van der Waals surface area contributed by atoms with Gasteiger partial charge in [-0.15, -0.1) is 0 Å². The van der Waals surface area contributed by atoms with Gasteiger partial charge in [-0.2, -0.15) is 0 Å². The Kier molecular flexibility index (Phi) is 43.4. The first-order valence-electron chi connectivity index (χ1n) is 30.9. The van der Waals surface area contributed by atoms with E-state index in [1.165, 1.54) is 205 Å². The molecule has 12 atom stereocenters. The average Bonchev–Trinajstić information content (AvgIpc) is 3.40. The minimum atomic E-state index is -1.78. The lowest BCUT2D eigenvalue weighted by molar-refractivity contribution is -0.359. The van der Waals surface area contributed by atoms with Gasteiger partial charge in [0.2, 0.25) is 5.91 Å². The molecule has 9 N–H and O–H groups in total. The Morgan fingerprint density at radius 2 is 0.838 bits per heavy atom. The van der Waals surface area contributed by atoms with E-state index in [1.54, 1.807) is 6.08 Å². The first kappa shape index (κ1) is 68.8. The zero-order valence-corrected chi connectivity index (χ0v) is 47.1. The van der Waals surface area contributed by atoms with Crippen molar-refractivity contribution in [3.63, 3.8) is 0 Å². The number of unbranched alkanes of at least 4 members (excludes halogenated alkanes) is 37. The highest BCUT2D eigenvalue weighted by atomic mass is 16.7. The van der Waals surface area contributed by atoms with Gasteiger partial charge in [-0.05, 0) is 19.3 Å². The fourth-order valence-corrected chi connectivity index (χ4v) is 10.5. The first-order valence-corrected chi connectivity index (χ1v) is 30.9. The van der Waals surface area contributed by atoms with Gasteiger partial charge in [0, 0.05) is 6.42 Å². The number of rotatable bonds is 50. The Bertz CT molecular complexity index is 1290. The molecule has 0 aromatic rings. The summed E-state index contributed by atoms with van der Waals surface area (Å²) in [5, 5.41) is 86.7. The molecule has 2 rings (SSSR count). The van der Waals surface area contributed by atoms with Crippen LogP contribution < -0.4 is 5.32 Å². The van der Waals surface area contributed by atoms with Crippen molar-refractivity contribution in [2.45, 2.75) is 344 Å². The molecule has 0 aliphatic carbocycles. The van der Waals surface area contributed by atoms with Gasteiger partial charge in [0.1, 0.15) is 48.8 Å². The van der Waals surface area contributed by atoms with Crippen LogP contribution in [-0.4, -0.2) is 140 Å². The fraction of sp³-hybridized carbons (Fsp3) is 0.950. The molecule has 0 radical (unpaired) electrons. The van der Waals surface area contributed by atoms with E-state index in [4.69, 9.17) is 18.9 Å². The maximum atomic E-state index is 13.1. The van der Waals surface area contributed by atoms with Crippen molar-refractivity contribution < 1.29 is 64.6 Å². The Labute approximate surface area is 450 Å². The number of nitrogens with one attached hydrogen (secondary N) is 1. The van der Waals surface area contributed by atoms with E-state index in [-0.39, 0.29) is 18.9 Å². The average molecular weight is 1060 g/mol. The second kappa shape index (κ2) is 46.6. The standard InChI is InChI=1S/C60H115NO13/c1-3-5-7-9-11-12-13-14-15-16-17-18-19-20-21-22-23-24-25-26-27-28-29-30-31-32-33-34-35-36-38-39-41-43-49(64)48(61-52(65)44-42-40-37-10-8-6-4-2)47-71-59-57(70)55(68)58(51(46-63)73-59)74-60-56(69)54(67)53(66)50(45-62)72-60/h41,43,48-51,53-60,62-64,66-70H,3-40,42,44-47H2,1-2H3,(H,61,65)/b43-41+. The number of allylic oxidation sites excluding steroid dienone is 1. The predicted octanol–water partition coefficient (Wildman–Crippen LogP) is 10.7. The van der Waals surface area contributed by atoms with Gasteiger partial charge in [0.05, 0.1) is 32.0 Å². The molecular weight excluding hydrogens is 943 g/mol. The smallest absolute Gasteiger partial charge is 0.220 e. The molecule has 74 heavy (non-hydrogen) atoms. The summed E-state index contributed by atoms with van der Waals surface area (Å²) >= 11 is 0. The third-order valence-electron chi connectivity index (χ3n) is 15.5. The summed E-state index contributed by atoms with van der Waals surface area (Å²) in [5.74, 6) is -0.243. The lowest BCUT2D eigenvalue weighted by Crippen LogP contribution is -2.65. The molecule has 2 saturated heterocycles. The van der Waals surface area contributed by atoms with Crippen LogP contribution in [0.4, 0.5) is 0 Å². The van der Waals surface area contributed by atoms with E-state index in [9.17, 15) is 45.6 Å². The van der Waals surface area contributed by atoms with Crippen molar-refractivity contribution >= 4 is 5.91 Å². The minimum absolute atomic E-state index is 0.243. The molecule has 14 nitrogen and oxygen atoms in total. The van der Waals surface area contributed by atoms with Gasteiger partial charge in [-0.25, -0.2) is 0 Å². The van der Waals surface area contributed by atoms with Gasteiger partial charge in [0.25, 0.3) is 0 Å². The first-order chi connectivity index (χ1) is 36.1. The summed E-state index contributed by atoms with van der Waals surface area (Å²) in [6.07, 6.45) is 37.6. The molecule has 14 heteroatoms. The molecule has 1 amide bonds. The number of carbonyl (C=O) groups is 1. The summed E-state index contributed by atoms with van der Waals surface area (Å²) in [6.45, 7) is 2.76. The normalized spacial score (nSPS) is 25.2. The van der Waals surface area contributed by atoms with Crippen molar-refractivity contribution in [3.8, 4) is 0 Å². The molecule has 0 saturated carbocycles. The van der Waals surface area contributed by atoms with Crippen molar-refractivity contribution in [1.29, 1.82) is 0 Å². The number of hydrogen-bond donors (Lipinski definition) is 9. The van der Waals surface area contributed by atoms with E-state index in [0.717, 1.165) is 38.5 Å². The zero-order chi connectivity index (χ0) is 53.9. The number of aliphatic hydroxyl groups is 8. The molecule has 0 spiro atoms. The van der Waals surface area contributed by atoms with Crippen molar-refractivity contribution in [1.82, 2.24) is 5.32 Å². The van der Waals surface area contributed by atoms with E-state index in [2.05, 4.69) is 19.2 Å². The summed E-state index contributed by atoms with van der Waals surface area (Å²) in [4.78, 5) is 13.1. The molecule has 0 bridgehead atoms. The molecule has 2 aliphatic rings. The number of aliphatic hydroxyl groups excluding tert-OH is 8. The maximum Gasteiger partial charge on any atom is 0.220 e. The van der Waals surface area contributed by atoms with Crippen LogP contribution in [0.2, 0.25) is 0 Å². The molecular formula is C60H115NO13. The Morgan fingerprint density at radius 1 is 0.473 bits per heavy atom. The van der Waals surface area contributed by atoms with Crippen LogP contribution in [0.3, 0.4) is 0 Å². The quantitative estimate of drug-likeness (QED) is 0.0204. The highest BCUT2D eigenvalue weighted by molar-refractivity contribution is 5.76. The molecule has 2 fully saturated rings. The van der Waals surface area contributed by atoms with Crippen molar-refractivity contribution in [3.05, 3.63) is 12.2 Å². The van der Waals surface area contributed by atoms with Crippen LogP contribution in [0.15, 0.2) is 12.2 Å². The highest BCUT2D eigenvalue weighted by Gasteiger charge is 2.51. The molecule has 0 aromatic carbocycles. The monoisotopic (exact) mass is 1060 g/mol. The third kappa shape index (κ3) is 32.0. The summed E-state index contributed by atoms with van der Waals surface area (Å²) in [5.41, 5.74) is 0. The predicted molar refractivity (Wildman–Crippen MR) is 295 cm³/mol. The van der Waals surface area contributed by atoms with E-state index >= 15 is 0 Å². The zero-order valence-electron chi connectivity index (χ0n) is 47.1. The van der Waals surface area contributed by atoms with Gasteiger partial charge in [-0.3, -0.25) is 4.79 Å². The van der Waals surface area contributed by atoms with Crippen molar-refractivity contribution in [2.24, 2.45) is 0 Å². The Morgan fingerprint density at radius 3 is 1.24 bits per heavy atom. The molecule has 0 aromatic heterocycles. The SMILES string of the molecule is CCCCCCCCCCCCCCCCCCCCCCCCCCCCCCCCC/C=C/C(O)C(COC1OC(CO)C(OC2OC(CO)C(O)C(O)C2O)C(O)C1O)NC(=O)CCCCCCCCC. The maximum absolute atomic E-state index is 13.1. The van der Waals surface area contributed by atoms with Crippen LogP contribution in [0, 0.1) is 0 Å². The fourth-order valence-electron chi connectivity index (χ4n) is 10.5. The minimum Gasteiger partial charge on any atom is -0.394 e. The molecule has 438 valence electrons. The topological polar surface area (TPSA) is 228 Å². The van der Waals surface area contributed by atoms with Gasteiger partial charge < -0.3 is 65.1 Å². The second-order valence-corrected chi connectivity index (χ2v) is 22.2. The van der Waals surface area contributed by atoms with E-state index < -0.39 is 86.8 Å². The Hall–Kier alpha value is -1.27. The second-order valence-electron chi connectivity index (χ2n) is 22.2. The van der Waals surface area contributed by atoms with Crippen LogP contribution in [-0.2, 0) is 23.7 Å². The number of carbonyl (C=O) groups excluding carboxylic acids is 1. The van der Waals surface area contributed by atoms with Gasteiger partial charge in [0.15, 0.2) is 12.6 Å². The Balaban J connectivity index is 1.58. The number of hydrogen-bond acceptors (Lipinski definition) is 13. The van der Waals surface area contributed by atoms with E-state index in [1.807, 2.05) is 6.08 Å². The van der Waals surface area contributed by atoms with Gasteiger partial charge in [-0.1, -0.05) is 257 Å². The largest absolute Gasteiger partial charge is 0.394 e. The molecule has 12 unspecified atom stereocenters. The third-order valence-corrected chi connectivity index (χ3v) is 15.5. The van der Waals surface area contributed by atoms with Crippen LogP contribution in [0.5, 0.6) is 0 Å². The van der Waals surface area contributed by atoms with Crippen LogP contribution >= 0.6 is 0 Å². The highest BCUT2D eigenvalue weighted by Crippen LogP contribution is 2.30. The van der Waals surface area contributed by atoms with Crippen LogP contribution in [0.25, 0.3) is 0 Å². The lowest BCUT2D eigenvalue weighted by Gasteiger charge is -2.46. The molecule has 2 heterocycles. The van der Waals surface area contributed by atoms with Crippen LogP contribution in [0.1, 0.15) is 271 Å². The number of amides is 1. The van der Waals surface area contributed by atoms with E-state index in [0.29, 0.717) is 6.42 Å². The molecule has 2 aliphatic heterocycles. The van der Waals surface area contributed by atoms with Gasteiger partial charge >= 0.3 is 0 Å². The summed E-state index contributed by atoms with van der Waals surface area (Å²) in [7, 11) is 0. The summed E-state index contributed by atoms with van der Waals surface area (Å²) < 4.78 is 22.7. The number of ether oxygens (including phenoxy) is 4. The lowest BCUT2D eigenvalue weighted by atomic mass is 9.97. The van der Waals surface area contributed by atoms with Crippen molar-refractivity contribution in [2.75, 3.05) is 19.8 Å². The summed E-state index contributed by atoms with van der Waals surface area (Å²) in [6, 6.07) is -0.907.